The number of likely N-dealkylation sites (tertiary alicyclic amines) is 1. The minimum absolute atomic E-state index is 0.105. The number of nitrogens with zero attached hydrogens (tertiary/aromatic N) is 2. The molecule has 0 radical (unpaired) electrons. The highest BCUT2D eigenvalue weighted by atomic mass is 16.2. The van der Waals surface area contributed by atoms with E-state index in [9.17, 15) is 4.79 Å². The molecule has 1 amide bonds. The second kappa shape index (κ2) is 6.36. The Labute approximate surface area is 105 Å². The van der Waals surface area contributed by atoms with E-state index in [-0.39, 0.29) is 17.9 Å². The van der Waals surface area contributed by atoms with Gasteiger partial charge in [-0.2, -0.15) is 0 Å². The molecular formula is C13H27N3O. The lowest BCUT2D eigenvalue weighted by molar-refractivity contribution is -0.135. The van der Waals surface area contributed by atoms with Crippen LogP contribution < -0.4 is 5.73 Å². The van der Waals surface area contributed by atoms with Crippen LogP contribution in [-0.4, -0.2) is 55.0 Å². The maximum absolute atomic E-state index is 12.2. The van der Waals surface area contributed by atoms with E-state index in [0.717, 1.165) is 32.4 Å². The van der Waals surface area contributed by atoms with Crippen molar-refractivity contribution < 1.29 is 4.79 Å². The molecule has 4 nitrogen and oxygen atoms in total. The fraction of sp³-hybridized carbons (Fsp3) is 0.923. The van der Waals surface area contributed by atoms with Crippen LogP contribution in [0.2, 0.25) is 0 Å². The highest BCUT2D eigenvalue weighted by Crippen LogP contribution is 2.16. The predicted molar refractivity (Wildman–Crippen MR) is 70.7 cm³/mol. The number of hydrogen-bond acceptors (Lipinski definition) is 3. The van der Waals surface area contributed by atoms with Crippen molar-refractivity contribution in [2.45, 2.75) is 45.2 Å². The Balaban J connectivity index is 2.51. The Hall–Kier alpha value is -0.610. The summed E-state index contributed by atoms with van der Waals surface area (Å²) in [5.74, 6) is 0.366. The molecule has 0 saturated carbocycles. The fourth-order valence-electron chi connectivity index (χ4n) is 2.29. The van der Waals surface area contributed by atoms with E-state index in [1.54, 1.807) is 0 Å². The molecule has 0 unspecified atom stereocenters. The third-order valence-corrected chi connectivity index (χ3v) is 4.13. The number of rotatable bonds is 4. The van der Waals surface area contributed by atoms with Gasteiger partial charge in [0.05, 0.1) is 6.04 Å². The summed E-state index contributed by atoms with van der Waals surface area (Å²) in [5, 5.41) is 0. The van der Waals surface area contributed by atoms with Crippen molar-refractivity contribution in [3.8, 4) is 0 Å². The predicted octanol–water partition coefficient (Wildman–Crippen LogP) is 0.912. The molecule has 1 aliphatic rings. The Morgan fingerprint density at radius 3 is 2.47 bits per heavy atom. The molecule has 0 spiro atoms. The van der Waals surface area contributed by atoms with Crippen LogP contribution in [0, 0.1) is 5.92 Å². The van der Waals surface area contributed by atoms with Gasteiger partial charge in [0, 0.05) is 13.1 Å². The average molecular weight is 241 g/mol. The summed E-state index contributed by atoms with van der Waals surface area (Å²) in [6.07, 6.45) is 3.08. The topological polar surface area (TPSA) is 49.6 Å². The van der Waals surface area contributed by atoms with Crippen LogP contribution in [0.3, 0.4) is 0 Å². The van der Waals surface area contributed by atoms with Gasteiger partial charge in [0.1, 0.15) is 0 Å². The number of carbonyl (C=O) groups is 1. The van der Waals surface area contributed by atoms with Gasteiger partial charge in [0.15, 0.2) is 0 Å². The van der Waals surface area contributed by atoms with Crippen molar-refractivity contribution in [1.29, 1.82) is 0 Å². The van der Waals surface area contributed by atoms with Gasteiger partial charge in [-0.1, -0.05) is 20.3 Å². The van der Waals surface area contributed by atoms with E-state index in [1.807, 2.05) is 18.9 Å². The van der Waals surface area contributed by atoms with Crippen LogP contribution in [0.1, 0.15) is 33.1 Å². The van der Waals surface area contributed by atoms with Crippen LogP contribution in [0.5, 0.6) is 0 Å². The monoisotopic (exact) mass is 241 g/mol. The van der Waals surface area contributed by atoms with Crippen molar-refractivity contribution in [2.75, 3.05) is 27.2 Å². The molecule has 0 aromatic heterocycles. The molecular weight excluding hydrogens is 214 g/mol. The van der Waals surface area contributed by atoms with Crippen molar-refractivity contribution >= 4 is 5.91 Å². The second-order valence-electron chi connectivity index (χ2n) is 5.39. The van der Waals surface area contributed by atoms with Crippen molar-refractivity contribution in [1.82, 2.24) is 9.80 Å². The molecule has 0 bridgehead atoms. The third-order valence-electron chi connectivity index (χ3n) is 4.13. The highest BCUT2D eigenvalue weighted by Gasteiger charge is 2.28. The molecule has 100 valence electrons. The van der Waals surface area contributed by atoms with Crippen molar-refractivity contribution in [3.63, 3.8) is 0 Å². The molecule has 2 N–H and O–H groups in total. The maximum Gasteiger partial charge on any atom is 0.239 e. The lowest BCUT2D eigenvalue weighted by atomic mass is 9.97. The lowest BCUT2D eigenvalue weighted by Gasteiger charge is -2.36. The zero-order chi connectivity index (χ0) is 13.0. The van der Waals surface area contributed by atoms with E-state index in [2.05, 4.69) is 18.9 Å². The van der Waals surface area contributed by atoms with Crippen molar-refractivity contribution in [3.05, 3.63) is 0 Å². The smallest absolute Gasteiger partial charge is 0.239 e. The molecule has 1 fully saturated rings. The van der Waals surface area contributed by atoms with Gasteiger partial charge in [-0.25, -0.2) is 0 Å². The molecule has 2 atom stereocenters. The van der Waals surface area contributed by atoms with E-state index in [4.69, 9.17) is 5.73 Å². The first-order valence-electron chi connectivity index (χ1n) is 6.68. The normalized spacial score (nSPS) is 22.2. The Morgan fingerprint density at radius 2 is 2.00 bits per heavy atom. The van der Waals surface area contributed by atoms with Gasteiger partial charge in [0.25, 0.3) is 0 Å². The first-order chi connectivity index (χ1) is 7.97. The summed E-state index contributed by atoms with van der Waals surface area (Å²) in [6, 6.07) is 0.0264. The number of hydrogen-bond donors (Lipinski definition) is 1. The summed E-state index contributed by atoms with van der Waals surface area (Å²) in [5.41, 5.74) is 6.00. The minimum Gasteiger partial charge on any atom is -0.341 e. The molecule has 4 heteroatoms. The molecule has 0 aromatic rings. The Bertz CT molecular complexity index is 249. The molecule has 17 heavy (non-hydrogen) atoms. The van der Waals surface area contributed by atoms with Crippen molar-refractivity contribution in [2.24, 2.45) is 11.7 Å². The van der Waals surface area contributed by atoms with E-state index in [0.29, 0.717) is 6.04 Å². The summed E-state index contributed by atoms with van der Waals surface area (Å²) < 4.78 is 0. The highest BCUT2D eigenvalue weighted by molar-refractivity contribution is 5.82. The number of amides is 1. The Morgan fingerprint density at radius 1 is 1.47 bits per heavy atom. The van der Waals surface area contributed by atoms with E-state index >= 15 is 0 Å². The molecule has 1 rings (SSSR count). The molecule has 1 saturated heterocycles. The summed E-state index contributed by atoms with van der Waals surface area (Å²) in [4.78, 5) is 16.4. The number of likely N-dealkylation sites (N-methyl/N-ethyl adjacent to an activating group) is 1. The fourth-order valence-corrected chi connectivity index (χ4v) is 2.29. The first-order valence-corrected chi connectivity index (χ1v) is 6.68. The second-order valence-corrected chi connectivity index (χ2v) is 5.39. The standard InChI is InChI=1S/C13H27N3O/c1-5-10(2)12(14)13(17)16(4)11-6-8-15(3)9-7-11/h10-12H,5-9,14H2,1-4H3/t10-,12-/m0/s1. The largest absolute Gasteiger partial charge is 0.341 e. The lowest BCUT2D eigenvalue weighted by Crippen LogP contribution is -2.51. The first kappa shape index (κ1) is 14.5. The third kappa shape index (κ3) is 3.68. The molecule has 1 aliphatic heterocycles. The quantitative estimate of drug-likeness (QED) is 0.796. The zero-order valence-corrected chi connectivity index (χ0v) is 11.6. The molecule has 1 heterocycles. The van der Waals surface area contributed by atoms with Crippen LogP contribution in [0.4, 0.5) is 0 Å². The van der Waals surface area contributed by atoms with Crippen LogP contribution in [0.15, 0.2) is 0 Å². The molecule has 0 aromatic carbocycles. The van der Waals surface area contributed by atoms with Gasteiger partial charge in [0.2, 0.25) is 5.91 Å². The Kier molecular flexibility index (Phi) is 5.40. The SMILES string of the molecule is CC[C@H](C)[C@H](N)C(=O)N(C)C1CCN(C)CC1. The van der Waals surface area contributed by atoms with Crippen LogP contribution >= 0.6 is 0 Å². The van der Waals surface area contributed by atoms with Gasteiger partial charge in [-0.05, 0) is 38.9 Å². The van der Waals surface area contributed by atoms with Crippen LogP contribution in [0.25, 0.3) is 0 Å². The summed E-state index contributed by atoms with van der Waals surface area (Å²) in [6.45, 7) is 6.26. The number of nitrogens with two attached hydrogens (primary N) is 1. The van der Waals surface area contributed by atoms with Gasteiger partial charge in [-0.15, -0.1) is 0 Å². The summed E-state index contributed by atoms with van der Waals surface area (Å²) in [7, 11) is 4.03. The van der Waals surface area contributed by atoms with E-state index < -0.39 is 0 Å². The van der Waals surface area contributed by atoms with E-state index in [1.165, 1.54) is 0 Å². The van der Waals surface area contributed by atoms with Crippen LogP contribution in [-0.2, 0) is 4.79 Å². The van der Waals surface area contributed by atoms with Gasteiger partial charge < -0.3 is 15.5 Å². The minimum atomic E-state index is -0.343. The number of carbonyl (C=O) groups excluding carboxylic acids is 1. The summed E-state index contributed by atoms with van der Waals surface area (Å²) >= 11 is 0. The van der Waals surface area contributed by atoms with Gasteiger partial charge in [-0.3, -0.25) is 4.79 Å². The molecule has 0 aliphatic carbocycles. The number of piperidine rings is 1. The van der Waals surface area contributed by atoms with Gasteiger partial charge >= 0.3 is 0 Å². The maximum atomic E-state index is 12.2. The zero-order valence-electron chi connectivity index (χ0n) is 11.6. The average Bonchev–Trinajstić information content (AvgIpc) is 2.36.